The van der Waals surface area contributed by atoms with Gasteiger partial charge in [-0.25, -0.2) is 8.42 Å². The molecule has 0 bridgehead atoms. The van der Waals surface area contributed by atoms with E-state index in [1.807, 2.05) is 13.8 Å². The van der Waals surface area contributed by atoms with Crippen LogP contribution in [0.25, 0.3) is 0 Å². The third-order valence-electron chi connectivity index (χ3n) is 5.81. The van der Waals surface area contributed by atoms with Gasteiger partial charge in [-0.05, 0) is 36.8 Å². The van der Waals surface area contributed by atoms with Gasteiger partial charge in [0.1, 0.15) is 0 Å². The number of carbonyl (C=O) groups is 1. The van der Waals surface area contributed by atoms with E-state index in [1.165, 1.54) is 22.9 Å². The molecule has 2 unspecified atom stereocenters. The first-order valence-electron chi connectivity index (χ1n) is 10.2. The molecule has 1 aromatic carbocycles. The number of hydrogen-bond donors (Lipinski definition) is 0. The number of hydrogen-bond acceptors (Lipinski definition) is 4. The van der Waals surface area contributed by atoms with Gasteiger partial charge in [0, 0.05) is 16.9 Å². The monoisotopic (exact) mass is 422 g/mol. The van der Waals surface area contributed by atoms with Crippen LogP contribution in [0, 0.1) is 5.92 Å². The minimum absolute atomic E-state index is 0.0622. The Kier molecular flexibility index (Phi) is 6.54. The third kappa shape index (κ3) is 4.01. The van der Waals surface area contributed by atoms with Crippen LogP contribution in [-0.2, 0) is 27.5 Å². The van der Waals surface area contributed by atoms with Crippen molar-refractivity contribution in [1.82, 2.24) is 0 Å². The van der Waals surface area contributed by atoms with Crippen molar-refractivity contribution >= 4 is 38.4 Å². The van der Waals surface area contributed by atoms with Gasteiger partial charge >= 0.3 is 0 Å². The highest BCUT2D eigenvalue weighted by atomic mass is 32.2. The summed E-state index contributed by atoms with van der Waals surface area (Å²) in [4.78, 5) is 19.4. The Morgan fingerprint density at radius 1 is 1.14 bits per heavy atom. The fourth-order valence-electron chi connectivity index (χ4n) is 4.17. The van der Waals surface area contributed by atoms with Gasteiger partial charge in [0.05, 0.1) is 17.5 Å². The first-order valence-corrected chi connectivity index (χ1v) is 12.9. The van der Waals surface area contributed by atoms with Gasteiger partial charge in [-0.1, -0.05) is 57.7 Å². The molecule has 3 rings (SSSR count). The summed E-state index contributed by atoms with van der Waals surface area (Å²) in [6.45, 7) is 8.23. The number of aliphatic imine (C=N–C) groups is 1. The van der Waals surface area contributed by atoms with Crippen LogP contribution in [-0.4, -0.2) is 42.3 Å². The second-order valence-corrected chi connectivity index (χ2v) is 10.9. The summed E-state index contributed by atoms with van der Waals surface area (Å²) in [5.74, 6) is 0.121. The molecule has 7 heteroatoms. The van der Waals surface area contributed by atoms with Crippen LogP contribution in [0.5, 0.6) is 0 Å². The number of anilines is 1. The molecule has 0 saturated carbocycles. The predicted octanol–water partition coefficient (Wildman–Crippen LogP) is 3.85. The van der Waals surface area contributed by atoms with E-state index < -0.39 is 9.84 Å². The zero-order valence-electron chi connectivity index (χ0n) is 17.1. The number of thioether (sulfide) groups is 1. The Bertz CT molecular complexity index is 853. The van der Waals surface area contributed by atoms with Gasteiger partial charge in [-0.15, -0.1) is 0 Å². The number of aryl methyl sites for hydroxylation is 2. The van der Waals surface area contributed by atoms with Crippen LogP contribution in [0.3, 0.4) is 0 Å². The van der Waals surface area contributed by atoms with Crippen molar-refractivity contribution in [2.75, 3.05) is 16.4 Å². The van der Waals surface area contributed by atoms with Crippen molar-refractivity contribution in [3.8, 4) is 0 Å². The van der Waals surface area contributed by atoms with Crippen molar-refractivity contribution in [3.63, 3.8) is 0 Å². The number of sulfone groups is 1. The van der Waals surface area contributed by atoms with Gasteiger partial charge in [0.15, 0.2) is 15.0 Å². The van der Waals surface area contributed by atoms with Gasteiger partial charge < -0.3 is 4.90 Å². The van der Waals surface area contributed by atoms with Crippen LogP contribution in [0.15, 0.2) is 23.2 Å². The smallest absolute Gasteiger partial charge is 0.251 e. The van der Waals surface area contributed by atoms with Gasteiger partial charge in [-0.3, -0.25) is 4.79 Å². The van der Waals surface area contributed by atoms with Crippen molar-refractivity contribution in [1.29, 1.82) is 0 Å². The SMILES string of the molecule is CCc1cccc(CC)c1N1C(=NC(=O)C(CC)CC)SC2CS(=O)(=O)CC21. The lowest BCUT2D eigenvalue weighted by Gasteiger charge is -2.29. The highest BCUT2D eigenvalue weighted by Gasteiger charge is 2.50. The van der Waals surface area contributed by atoms with E-state index >= 15 is 0 Å². The molecule has 2 saturated heterocycles. The van der Waals surface area contributed by atoms with Crippen LogP contribution >= 0.6 is 11.8 Å². The summed E-state index contributed by atoms with van der Waals surface area (Å²) in [6, 6.07) is 6.09. The van der Waals surface area contributed by atoms with E-state index in [4.69, 9.17) is 0 Å². The largest absolute Gasteiger partial charge is 0.315 e. The number of amidine groups is 1. The number of fused-ring (bicyclic) bond motifs is 1. The molecule has 0 radical (unpaired) electrons. The molecular weight excluding hydrogens is 392 g/mol. The topological polar surface area (TPSA) is 66.8 Å². The minimum Gasteiger partial charge on any atom is -0.315 e. The minimum atomic E-state index is -3.07. The lowest BCUT2D eigenvalue weighted by molar-refractivity contribution is -0.121. The van der Waals surface area contributed by atoms with Gasteiger partial charge in [0.25, 0.3) is 5.91 Å². The number of amides is 1. The van der Waals surface area contributed by atoms with Crippen molar-refractivity contribution in [3.05, 3.63) is 29.3 Å². The molecule has 154 valence electrons. The van der Waals surface area contributed by atoms with E-state index in [1.54, 1.807) is 0 Å². The van der Waals surface area contributed by atoms with Gasteiger partial charge in [0.2, 0.25) is 0 Å². The maximum Gasteiger partial charge on any atom is 0.251 e. The van der Waals surface area contributed by atoms with Crippen molar-refractivity contribution in [2.45, 2.75) is 64.7 Å². The Hall–Kier alpha value is -1.34. The Labute approximate surface area is 172 Å². The standard InChI is InChI=1S/C21H30N2O3S2/c1-5-14(6-2)20(24)22-21-23(17-12-28(25,26)13-18(17)27-21)19-15(7-3)10-9-11-16(19)8-4/h9-11,14,17-18H,5-8,12-13H2,1-4H3. The quantitative estimate of drug-likeness (QED) is 0.697. The fraction of sp³-hybridized carbons (Fsp3) is 0.619. The predicted molar refractivity (Wildman–Crippen MR) is 118 cm³/mol. The molecule has 2 aliphatic heterocycles. The highest BCUT2D eigenvalue weighted by Crippen LogP contribution is 2.43. The Balaban J connectivity index is 2.11. The van der Waals surface area contributed by atoms with E-state index in [9.17, 15) is 13.2 Å². The number of carbonyl (C=O) groups excluding carboxylic acids is 1. The maximum absolute atomic E-state index is 12.7. The molecule has 28 heavy (non-hydrogen) atoms. The summed E-state index contributed by atoms with van der Waals surface area (Å²) >= 11 is 1.47. The molecule has 0 aliphatic carbocycles. The average molecular weight is 423 g/mol. The molecule has 0 spiro atoms. The average Bonchev–Trinajstić information content (AvgIpc) is 3.12. The van der Waals surface area contributed by atoms with E-state index in [0.29, 0.717) is 5.17 Å². The van der Waals surface area contributed by atoms with Crippen molar-refractivity contribution < 1.29 is 13.2 Å². The fourth-order valence-corrected chi connectivity index (χ4v) is 8.08. The second kappa shape index (κ2) is 8.57. The van der Waals surface area contributed by atoms with Crippen LogP contribution in [0.1, 0.15) is 51.7 Å². The summed E-state index contributed by atoms with van der Waals surface area (Å²) in [5, 5.41) is 0.616. The summed E-state index contributed by atoms with van der Waals surface area (Å²) in [6.07, 6.45) is 3.23. The first-order chi connectivity index (χ1) is 13.3. The molecule has 1 amide bonds. The Morgan fingerprint density at radius 3 is 2.29 bits per heavy atom. The first kappa shape index (κ1) is 21.4. The molecule has 2 atom stereocenters. The van der Waals surface area contributed by atoms with Crippen LogP contribution in [0.4, 0.5) is 5.69 Å². The van der Waals surface area contributed by atoms with Crippen LogP contribution < -0.4 is 4.90 Å². The maximum atomic E-state index is 12.7. The molecule has 0 N–H and O–H groups in total. The molecule has 0 aromatic heterocycles. The normalized spacial score (nSPS) is 24.9. The number of benzene rings is 1. The molecule has 2 aliphatic rings. The van der Waals surface area contributed by atoms with E-state index in [-0.39, 0.29) is 34.6 Å². The third-order valence-corrected chi connectivity index (χ3v) is 9.02. The van der Waals surface area contributed by atoms with Crippen LogP contribution in [0.2, 0.25) is 0 Å². The van der Waals surface area contributed by atoms with E-state index in [0.717, 1.165) is 31.4 Å². The molecule has 2 heterocycles. The number of para-hydroxylation sites is 1. The highest BCUT2D eigenvalue weighted by molar-refractivity contribution is 8.16. The lowest BCUT2D eigenvalue weighted by atomic mass is 10.0. The molecular formula is C21H30N2O3S2. The molecule has 5 nitrogen and oxygen atoms in total. The summed E-state index contributed by atoms with van der Waals surface area (Å²) in [5.41, 5.74) is 3.40. The number of nitrogens with zero attached hydrogens (tertiary/aromatic N) is 2. The zero-order valence-corrected chi connectivity index (χ0v) is 18.8. The summed E-state index contributed by atoms with van der Waals surface area (Å²) < 4.78 is 24.6. The van der Waals surface area contributed by atoms with Crippen molar-refractivity contribution in [2.24, 2.45) is 10.9 Å². The summed E-state index contributed by atoms with van der Waals surface area (Å²) in [7, 11) is -3.07. The van der Waals surface area contributed by atoms with Gasteiger partial charge in [-0.2, -0.15) is 4.99 Å². The molecule has 2 fully saturated rings. The van der Waals surface area contributed by atoms with E-state index in [2.05, 4.69) is 41.9 Å². The zero-order chi connectivity index (χ0) is 20.5. The lowest BCUT2D eigenvalue weighted by Crippen LogP contribution is -2.39. The second-order valence-electron chi connectivity index (χ2n) is 7.55. The molecule has 1 aromatic rings. The Morgan fingerprint density at radius 2 is 1.75 bits per heavy atom. The number of rotatable bonds is 6.